The molecule has 2 amide bonds. The number of carbonyl (C=O) groups excluding carboxylic acids is 5. The zero-order valence-corrected chi connectivity index (χ0v) is 39.5. The molecule has 0 aromatic heterocycles. The lowest BCUT2D eigenvalue weighted by atomic mass is 9.81. The fourth-order valence-electron chi connectivity index (χ4n) is 9.42. The normalized spacial score (nSPS) is 38.3. The summed E-state index contributed by atoms with van der Waals surface area (Å²) in [4.78, 5) is 67.4. The van der Waals surface area contributed by atoms with Crippen LogP contribution in [0.25, 0.3) is 0 Å². The second-order valence-corrected chi connectivity index (χ2v) is 18.4. The van der Waals surface area contributed by atoms with Gasteiger partial charge in [0.05, 0.1) is 35.8 Å². The second kappa shape index (κ2) is 25.0. The third-order valence-electron chi connectivity index (χ3n) is 13.0. The van der Waals surface area contributed by atoms with Crippen LogP contribution >= 0.6 is 15.9 Å². The van der Waals surface area contributed by atoms with Crippen molar-refractivity contribution in [1.82, 2.24) is 4.90 Å². The summed E-state index contributed by atoms with van der Waals surface area (Å²) in [6, 6.07) is -1.14. The van der Waals surface area contributed by atoms with Crippen molar-refractivity contribution in [3.8, 4) is 0 Å². The zero-order chi connectivity index (χ0) is 46.5. The number of cyclic esters (lactones) is 1. The van der Waals surface area contributed by atoms with Gasteiger partial charge in [-0.1, -0.05) is 60.5 Å². The van der Waals surface area contributed by atoms with Gasteiger partial charge in [-0.2, -0.15) is 0 Å². The molecule has 15 nitrogen and oxygen atoms in total. The monoisotopic (exact) mass is 940 g/mol. The largest absolute Gasteiger partial charge is 0.456 e. The SMILES string of the molecule is C=CC[C@@H]1/C=C(\C)C[C@H](C)C[C@H](OC)[C@H]2O[C@@](O)(C(=O)C(=O)N3CCCC[C@H]3C(=O)O[C@H](/C(C)=C/[C@@H]3CC[C@@H](O)[C@H](OC)C3)[C@H](C)[C@@H](O)CC1=O)[C@H](C)C[C@@H]2OC.NC(=O)CBr. The minimum Gasteiger partial charge on any atom is -0.456 e. The average molecular weight is 942 g/mol. The molecule has 2 saturated heterocycles. The van der Waals surface area contributed by atoms with Gasteiger partial charge in [-0.25, -0.2) is 4.79 Å². The van der Waals surface area contributed by atoms with Crippen LogP contribution in [-0.2, 0) is 47.7 Å². The van der Waals surface area contributed by atoms with Gasteiger partial charge in [-0.15, -0.1) is 6.58 Å². The molecule has 0 aromatic carbocycles. The van der Waals surface area contributed by atoms with E-state index in [1.54, 1.807) is 27.0 Å². The number of aliphatic hydroxyl groups is 3. The van der Waals surface area contributed by atoms with Gasteiger partial charge in [0.2, 0.25) is 11.7 Å². The Morgan fingerprint density at radius 3 is 2.19 bits per heavy atom. The summed E-state index contributed by atoms with van der Waals surface area (Å²) in [5.41, 5.74) is 6.22. The smallest absolute Gasteiger partial charge is 0.329 e. The Bertz CT molecular complexity index is 1610. The molecule has 1 aliphatic carbocycles. The Hall–Kier alpha value is -2.83. The number of nitrogens with zero attached hydrogens (tertiary/aromatic N) is 1. The summed E-state index contributed by atoms with van der Waals surface area (Å²) in [7, 11) is 4.61. The summed E-state index contributed by atoms with van der Waals surface area (Å²) in [5.74, 6) is -8.09. The molecule has 4 aliphatic rings. The molecule has 14 atom stereocenters. The van der Waals surface area contributed by atoms with Crippen LogP contribution in [0, 0.1) is 29.6 Å². The van der Waals surface area contributed by atoms with E-state index >= 15 is 0 Å². The number of carbonyl (C=O) groups is 5. The van der Waals surface area contributed by atoms with Gasteiger partial charge in [0, 0.05) is 52.0 Å². The number of Topliss-reactive ketones (excluding diaryl/α,β-unsaturated/α-hetero) is 2. The van der Waals surface area contributed by atoms with E-state index in [-0.39, 0.29) is 60.8 Å². The highest BCUT2D eigenvalue weighted by molar-refractivity contribution is 9.09. The minimum atomic E-state index is -2.51. The van der Waals surface area contributed by atoms with Crippen LogP contribution in [-0.4, -0.2) is 137 Å². The lowest BCUT2D eigenvalue weighted by molar-refractivity contribution is -0.302. The van der Waals surface area contributed by atoms with Crippen molar-refractivity contribution >= 4 is 45.3 Å². The maximum atomic E-state index is 14.3. The van der Waals surface area contributed by atoms with E-state index in [1.807, 2.05) is 32.9 Å². The van der Waals surface area contributed by atoms with Gasteiger partial charge < -0.3 is 49.6 Å². The van der Waals surface area contributed by atoms with Crippen LogP contribution < -0.4 is 5.73 Å². The Kier molecular flexibility index (Phi) is 21.6. The first kappa shape index (κ1) is 53.5. The van der Waals surface area contributed by atoms with E-state index in [4.69, 9.17) is 23.7 Å². The number of halogens is 1. The molecule has 4 rings (SSSR count). The van der Waals surface area contributed by atoms with Crippen molar-refractivity contribution in [3.63, 3.8) is 0 Å². The molecule has 62 heavy (non-hydrogen) atoms. The van der Waals surface area contributed by atoms with E-state index in [0.717, 1.165) is 5.57 Å². The van der Waals surface area contributed by atoms with E-state index in [2.05, 4.69) is 28.2 Å². The third kappa shape index (κ3) is 14.1. The number of nitrogens with two attached hydrogens (primary N) is 1. The predicted molar refractivity (Wildman–Crippen MR) is 236 cm³/mol. The predicted octanol–water partition coefficient (Wildman–Crippen LogP) is 4.51. The number of hydrogen-bond acceptors (Lipinski definition) is 13. The number of amides is 2. The number of allylic oxidation sites excluding steroid dienone is 4. The number of rotatable bonds is 8. The van der Waals surface area contributed by atoms with Crippen LogP contribution in [0.3, 0.4) is 0 Å². The summed E-state index contributed by atoms with van der Waals surface area (Å²) in [5, 5.41) is 34.4. The number of hydrogen-bond donors (Lipinski definition) is 4. The summed E-state index contributed by atoms with van der Waals surface area (Å²) in [6.45, 7) is 13.1. The molecule has 0 aromatic rings. The van der Waals surface area contributed by atoms with Crippen LogP contribution in [0.4, 0.5) is 0 Å². The highest BCUT2D eigenvalue weighted by Crippen LogP contribution is 2.39. The Balaban J connectivity index is 0.00000193. The molecular formula is C46H73BrN2O13. The van der Waals surface area contributed by atoms with Gasteiger partial charge in [0.1, 0.15) is 24.0 Å². The van der Waals surface area contributed by atoms with E-state index in [0.29, 0.717) is 56.9 Å². The molecule has 1 saturated carbocycles. The molecule has 352 valence electrons. The number of alkyl halides is 1. The summed E-state index contributed by atoms with van der Waals surface area (Å²) >= 11 is 2.84. The van der Waals surface area contributed by atoms with Crippen molar-refractivity contribution in [2.45, 2.75) is 160 Å². The van der Waals surface area contributed by atoms with Crippen LogP contribution in [0.1, 0.15) is 105 Å². The molecule has 3 heterocycles. The number of primary amides is 1. The highest BCUT2D eigenvalue weighted by atomic mass is 79.9. The third-order valence-corrected chi connectivity index (χ3v) is 13.6. The number of esters is 1. The Morgan fingerprint density at radius 1 is 0.968 bits per heavy atom. The maximum Gasteiger partial charge on any atom is 0.329 e. The topological polar surface area (TPSA) is 221 Å². The zero-order valence-electron chi connectivity index (χ0n) is 38.0. The number of aliphatic hydroxyl groups excluding tert-OH is 2. The minimum absolute atomic E-state index is 0.00988. The van der Waals surface area contributed by atoms with E-state index in [1.165, 1.54) is 19.1 Å². The first-order valence-corrected chi connectivity index (χ1v) is 23.1. The fraction of sp³-hybridized carbons (Fsp3) is 0.761. The fourth-order valence-corrected chi connectivity index (χ4v) is 9.42. The Labute approximate surface area is 376 Å². The first-order valence-electron chi connectivity index (χ1n) is 22.0. The first-order chi connectivity index (χ1) is 29.3. The molecular weight excluding hydrogens is 868 g/mol. The van der Waals surface area contributed by atoms with Gasteiger partial charge in [-0.3, -0.25) is 19.2 Å². The summed E-state index contributed by atoms with van der Waals surface area (Å²) in [6.07, 6.45) is 4.93. The molecule has 5 N–H and O–H groups in total. The van der Waals surface area contributed by atoms with E-state index in [9.17, 15) is 39.3 Å². The quantitative estimate of drug-likeness (QED) is 0.114. The number of fused-ring (bicyclic) bond motifs is 3. The van der Waals surface area contributed by atoms with Crippen molar-refractivity contribution < 1.29 is 63.0 Å². The van der Waals surface area contributed by atoms with Gasteiger partial charge in [0.25, 0.3) is 11.7 Å². The van der Waals surface area contributed by atoms with E-state index < -0.39 is 83.9 Å². The molecule has 0 radical (unpaired) electrons. The number of ketones is 2. The van der Waals surface area contributed by atoms with Gasteiger partial charge in [-0.05, 0) is 95.5 Å². The number of ether oxygens (including phenoxy) is 5. The molecule has 3 aliphatic heterocycles. The summed E-state index contributed by atoms with van der Waals surface area (Å²) < 4.78 is 29.7. The lowest BCUT2D eigenvalue weighted by Crippen LogP contribution is -2.64. The lowest BCUT2D eigenvalue weighted by Gasteiger charge is -2.47. The van der Waals surface area contributed by atoms with Gasteiger partial charge >= 0.3 is 5.97 Å². The van der Waals surface area contributed by atoms with Gasteiger partial charge in [0.15, 0.2) is 0 Å². The van der Waals surface area contributed by atoms with Crippen molar-refractivity contribution in [3.05, 3.63) is 36.0 Å². The molecule has 0 unspecified atom stereocenters. The number of methoxy groups -OCH3 is 3. The van der Waals surface area contributed by atoms with Crippen LogP contribution in [0.5, 0.6) is 0 Å². The molecule has 3 fully saturated rings. The number of piperidine rings is 1. The maximum absolute atomic E-state index is 14.3. The molecule has 2 bridgehead atoms. The van der Waals surface area contributed by atoms with Crippen LogP contribution in [0.15, 0.2) is 36.0 Å². The Morgan fingerprint density at radius 2 is 1.60 bits per heavy atom. The molecule has 0 spiro atoms. The highest BCUT2D eigenvalue weighted by Gasteiger charge is 2.56. The van der Waals surface area contributed by atoms with Crippen molar-refractivity contribution in [2.75, 3.05) is 33.2 Å². The van der Waals surface area contributed by atoms with Crippen LogP contribution in [0.2, 0.25) is 0 Å². The standard InChI is InChI=1S/C44H69NO12.C2H4BrNO/c1-10-13-31-19-25(2)18-26(3)20-37(54-8)40-38(55-9)22-28(5)44(52,57-40)41(49)42(50)45-17-12-11-14-32(45)43(51)56-39(29(6)34(47)24-35(31)48)27(4)21-30-15-16-33(46)36(23-30)53-7;3-1-2(4)5/h10,19,21,26,28-34,36-40,46-47,52H,1,11-18,20,22-24H2,2-9H3;1H2,(H2,4,5)/b25-19+,27-21+;/t26-,28+,29+,30-,31+,32-,33+,34-,36+,37-,38-,39+,40+,44+;/m0./s1. The second-order valence-electron chi connectivity index (χ2n) is 17.9. The van der Waals surface area contributed by atoms with Crippen molar-refractivity contribution in [2.24, 2.45) is 35.3 Å². The molecule has 16 heteroatoms. The average Bonchev–Trinajstić information content (AvgIpc) is 3.24. The van der Waals surface area contributed by atoms with Crippen molar-refractivity contribution in [1.29, 1.82) is 0 Å².